The van der Waals surface area contributed by atoms with Crippen LogP contribution in [0.15, 0.2) is 16.5 Å². The minimum atomic E-state index is 0.661. The highest BCUT2D eigenvalue weighted by Crippen LogP contribution is 2.27. The minimum Gasteiger partial charge on any atom is -0.465 e. The van der Waals surface area contributed by atoms with Crippen molar-refractivity contribution in [3.8, 4) is 0 Å². The second-order valence-corrected chi connectivity index (χ2v) is 5.84. The second-order valence-electron chi connectivity index (χ2n) is 4.77. The van der Waals surface area contributed by atoms with Crippen LogP contribution in [-0.4, -0.2) is 17.5 Å². The van der Waals surface area contributed by atoms with Crippen molar-refractivity contribution in [1.82, 2.24) is 5.32 Å². The number of aryl methyl sites for hydroxylation is 1. The first-order valence-corrected chi connectivity index (χ1v) is 7.96. The summed E-state index contributed by atoms with van der Waals surface area (Å²) in [6.45, 7) is 3.00. The highest BCUT2D eigenvalue weighted by atomic mass is 32.2. The molecule has 1 aromatic rings. The third-order valence-electron chi connectivity index (χ3n) is 3.61. The first-order chi connectivity index (χ1) is 8.33. The molecule has 2 atom stereocenters. The van der Waals surface area contributed by atoms with Gasteiger partial charge in [-0.25, -0.2) is 0 Å². The Hall–Kier alpha value is -0.410. The summed E-state index contributed by atoms with van der Waals surface area (Å²) in [7, 11) is 0. The molecule has 1 saturated carbocycles. The zero-order valence-electron chi connectivity index (χ0n) is 10.9. The van der Waals surface area contributed by atoms with Gasteiger partial charge in [-0.3, -0.25) is 0 Å². The molecule has 2 unspecified atom stereocenters. The lowest BCUT2D eigenvalue weighted by Gasteiger charge is -2.30. The van der Waals surface area contributed by atoms with E-state index in [9.17, 15) is 0 Å². The molecule has 1 aromatic heterocycles. The van der Waals surface area contributed by atoms with E-state index in [2.05, 4.69) is 30.6 Å². The van der Waals surface area contributed by atoms with Gasteiger partial charge in [0.1, 0.15) is 11.5 Å². The monoisotopic (exact) mass is 253 g/mol. The van der Waals surface area contributed by atoms with E-state index >= 15 is 0 Å². The van der Waals surface area contributed by atoms with Gasteiger partial charge in [0.05, 0.1) is 6.54 Å². The molecular weight excluding hydrogens is 230 g/mol. The summed E-state index contributed by atoms with van der Waals surface area (Å²) in [4.78, 5) is 0. The number of hydrogen-bond acceptors (Lipinski definition) is 3. The van der Waals surface area contributed by atoms with Crippen molar-refractivity contribution in [1.29, 1.82) is 0 Å². The van der Waals surface area contributed by atoms with Crippen molar-refractivity contribution in [3.63, 3.8) is 0 Å². The van der Waals surface area contributed by atoms with Gasteiger partial charge in [-0.1, -0.05) is 19.8 Å². The predicted molar refractivity (Wildman–Crippen MR) is 74.5 cm³/mol. The van der Waals surface area contributed by atoms with Crippen molar-refractivity contribution >= 4 is 11.8 Å². The van der Waals surface area contributed by atoms with Crippen molar-refractivity contribution in [2.45, 2.75) is 56.9 Å². The van der Waals surface area contributed by atoms with Crippen molar-refractivity contribution in [2.75, 3.05) is 6.26 Å². The van der Waals surface area contributed by atoms with Gasteiger partial charge in [-0.05, 0) is 31.2 Å². The van der Waals surface area contributed by atoms with Crippen LogP contribution >= 0.6 is 11.8 Å². The van der Waals surface area contributed by atoms with Crippen molar-refractivity contribution < 1.29 is 4.42 Å². The molecule has 3 heteroatoms. The topological polar surface area (TPSA) is 25.2 Å². The molecule has 17 heavy (non-hydrogen) atoms. The molecule has 1 fully saturated rings. The first-order valence-electron chi connectivity index (χ1n) is 6.67. The summed E-state index contributed by atoms with van der Waals surface area (Å²) < 4.78 is 5.72. The van der Waals surface area contributed by atoms with Crippen LogP contribution in [0.1, 0.15) is 44.1 Å². The third-order valence-corrected chi connectivity index (χ3v) is 4.78. The molecule has 1 aliphatic rings. The number of furan rings is 1. The lowest BCUT2D eigenvalue weighted by atomic mass is 9.95. The van der Waals surface area contributed by atoms with Gasteiger partial charge in [-0.15, -0.1) is 0 Å². The number of hydrogen-bond donors (Lipinski definition) is 1. The summed E-state index contributed by atoms with van der Waals surface area (Å²) in [5.41, 5.74) is 0. The van der Waals surface area contributed by atoms with Crippen LogP contribution in [-0.2, 0) is 13.0 Å². The molecule has 2 nitrogen and oxygen atoms in total. The van der Waals surface area contributed by atoms with Crippen molar-refractivity contribution in [3.05, 3.63) is 23.7 Å². The van der Waals surface area contributed by atoms with E-state index < -0.39 is 0 Å². The molecule has 1 N–H and O–H groups in total. The van der Waals surface area contributed by atoms with Crippen LogP contribution < -0.4 is 5.32 Å². The molecule has 0 radical (unpaired) electrons. The fourth-order valence-electron chi connectivity index (χ4n) is 2.55. The van der Waals surface area contributed by atoms with Gasteiger partial charge in [-0.2, -0.15) is 11.8 Å². The third kappa shape index (κ3) is 3.52. The Morgan fingerprint density at radius 3 is 2.76 bits per heavy atom. The Morgan fingerprint density at radius 1 is 1.29 bits per heavy atom. The maximum Gasteiger partial charge on any atom is 0.117 e. The molecule has 0 amide bonds. The van der Waals surface area contributed by atoms with Gasteiger partial charge in [0.25, 0.3) is 0 Å². The number of nitrogens with one attached hydrogen (secondary N) is 1. The van der Waals surface area contributed by atoms with E-state index in [1.54, 1.807) is 0 Å². The number of thioether (sulfide) groups is 1. The molecule has 1 heterocycles. The lowest BCUT2D eigenvalue weighted by Crippen LogP contribution is -2.39. The van der Waals surface area contributed by atoms with Gasteiger partial charge in [0, 0.05) is 17.7 Å². The highest BCUT2D eigenvalue weighted by molar-refractivity contribution is 7.99. The second kappa shape index (κ2) is 6.50. The molecule has 0 bridgehead atoms. The van der Waals surface area contributed by atoms with E-state index in [-0.39, 0.29) is 0 Å². The van der Waals surface area contributed by atoms with Gasteiger partial charge in [0.2, 0.25) is 0 Å². The predicted octanol–water partition coefficient (Wildman–Crippen LogP) is 3.61. The highest BCUT2D eigenvalue weighted by Gasteiger charge is 2.23. The van der Waals surface area contributed by atoms with Gasteiger partial charge in [0.15, 0.2) is 0 Å². The molecule has 0 saturated heterocycles. The number of rotatable bonds is 5. The lowest BCUT2D eigenvalue weighted by molar-refractivity contribution is 0.361. The Bertz CT molecular complexity index is 337. The van der Waals surface area contributed by atoms with Crippen LogP contribution in [0, 0.1) is 0 Å². The molecule has 0 aromatic carbocycles. The smallest absolute Gasteiger partial charge is 0.117 e. The summed E-state index contributed by atoms with van der Waals surface area (Å²) >= 11 is 2.01. The normalized spacial score (nSPS) is 25.1. The Labute approximate surface area is 109 Å². The van der Waals surface area contributed by atoms with Crippen LogP contribution in [0.25, 0.3) is 0 Å². The zero-order valence-corrected chi connectivity index (χ0v) is 11.7. The van der Waals surface area contributed by atoms with Crippen LogP contribution in [0.2, 0.25) is 0 Å². The SMILES string of the molecule is CCc1ccc(CNC2CCCCC2SC)o1. The molecule has 0 aliphatic heterocycles. The summed E-state index contributed by atoms with van der Waals surface area (Å²) in [5, 5.41) is 4.44. The standard InChI is InChI=1S/C14H23NOS/c1-3-11-8-9-12(16-11)10-15-13-6-4-5-7-14(13)17-2/h8-9,13-15H,3-7,10H2,1-2H3. The average molecular weight is 253 g/mol. The van der Waals surface area contributed by atoms with Gasteiger partial charge < -0.3 is 9.73 Å². The molecule has 2 rings (SSSR count). The maximum atomic E-state index is 5.72. The summed E-state index contributed by atoms with van der Waals surface area (Å²) in [6, 6.07) is 4.85. The first kappa shape index (κ1) is 13.0. The van der Waals surface area contributed by atoms with E-state index in [1.165, 1.54) is 25.7 Å². The van der Waals surface area contributed by atoms with E-state index in [0.717, 1.165) is 29.7 Å². The fraction of sp³-hybridized carbons (Fsp3) is 0.714. The average Bonchev–Trinajstić information content (AvgIpc) is 2.84. The maximum absolute atomic E-state index is 5.72. The van der Waals surface area contributed by atoms with Crippen LogP contribution in [0.4, 0.5) is 0 Å². The van der Waals surface area contributed by atoms with Crippen LogP contribution in [0.5, 0.6) is 0 Å². The summed E-state index contributed by atoms with van der Waals surface area (Å²) in [5.74, 6) is 2.17. The summed E-state index contributed by atoms with van der Waals surface area (Å²) in [6.07, 6.45) is 8.64. The molecule has 1 aliphatic carbocycles. The van der Waals surface area contributed by atoms with Crippen molar-refractivity contribution in [2.24, 2.45) is 0 Å². The van der Waals surface area contributed by atoms with E-state index in [0.29, 0.717) is 6.04 Å². The van der Waals surface area contributed by atoms with Crippen LogP contribution in [0.3, 0.4) is 0 Å². The molecule has 0 spiro atoms. The zero-order chi connectivity index (χ0) is 12.1. The fourth-order valence-corrected chi connectivity index (χ4v) is 3.51. The van der Waals surface area contributed by atoms with Gasteiger partial charge >= 0.3 is 0 Å². The molecular formula is C14H23NOS. The van der Waals surface area contributed by atoms with E-state index in [4.69, 9.17) is 4.42 Å². The largest absolute Gasteiger partial charge is 0.465 e. The minimum absolute atomic E-state index is 0.661. The quantitative estimate of drug-likeness (QED) is 0.868. The Balaban J connectivity index is 1.83. The Morgan fingerprint density at radius 2 is 2.06 bits per heavy atom. The van der Waals surface area contributed by atoms with E-state index in [1.807, 2.05) is 11.8 Å². The molecule has 96 valence electrons. The Kier molecular flexibility index (Phi) is 4.99.